The average molecular weight is 265 g/mol. The van der Waals surface area contributed by atoms with E-state index in [-0.39, 0.29) is 0 Å². The fraction of sp³-hybridized carbons (Fsp3) is 0.700. The Bertz CT molecular complexity index is 340. The molecule has 1 rings (SSSR count). The third-order valence-corrected chi connectivity index (χ3v) is 2.00. The molecule has 0 aliphatic heterocycles. The molecule has 17 heavy (non-hydrogen) atoms. The molecule has 0 fully saturated rings. The van der Waals surface area contributed by atoms with Gasteiger partial charge in [0.1, 0.15) is 12.4 Å². The molecule has 0 atom stereocenters. The van der Waals surface area contributed by atoms with E-state index in [1.165, 1.54) is 19.3 Å². The molecule has 0 spiro atoms. The smallest absolute Gasteiger partial charge is 0.303 e. The summed E-state index contributed by atoms with van der Waals surface area (Å²) in [7, 11) is -4.64. The molecule has 0 aliphatic carbocycles. The van der Waals surface area contributed by atoms with Crippen LogP contribution in [0, 0.1) is 0 Å². The highest BCUT2D eigenvalue weighted by Crippen LogP contribution is 2.25. The van der Waals surface area contributed by atoms with Crippen molar-refractivity contribution in [3.63, 3.8) is 0 Å². The van der Waals surface area contributed by atoms with Crippen LogP contribution in [-0.4, -0.2) is 19.2 Å². The van der Waals surface area contributed by atoms with Gasteiger partial charge in [-0.3, -0.25) is 0 Å². The van der Waals surface area contributed by atoms with Gasteiger partial charge in [0.2, 0.25) is 6.33 Å². The fourth-order valence-corrected chi connectivity index (χ4v) is 1.30. The first kappa shape index (κ1) is 16.3. The predicted molar refractivity (Wildman–Crippen MR) is 64.1 cm³/mol. The van der Waals surface area contributed by atoms with E-state index >= 15 is 0 Å². The Labute approximate surface area is 102 Å². The van der Waals surface area contributed by atoms with Crippen LogP contribution in [0.2, 0.25) is 0 Å². The van der Waals surface area contributed by atoms with Crippen LogP contribution in [0.4, 0.5) is 0 Å². The molecule has 0 aromatic carbocycles. The Morgan fingerprint density at radius 3 is 2.29 bits per heavy atom. The number of hydrogen-bond acceptors (Lipinski definition) is 1. The first-order valence-electron chi connectivity index (χ1n) is 5.70. The van der Waals surface area contributed by atoms with Crippen LogP contribution < -0.4 is 4.57 Å². The summed E-state index contributed by atoms with van der Waals surface area (Å²) in [6.07, 6.45) is 10.3. The van der Waals surface area contributed by atoms with Gasteiger partial charge in [0.15, 0.2) is 0 Å². The first-order chi connectivity index (χ1) is 7.86. The molecule has 1 aromatic rings. The summed E-state index contributed by atoms with van der Waals surface area (Å²) in [5.41, 5.74) is 0. The highest BCUT2D eigenvalue weighted by molar-refractivity contribution is 7.45. The highest BCUT2D eigenvalue weighted by Gasteiger charge is 2.00. The summed E-state index contributed by atoms with van der Waals surface area (Å²) >= 11 is 0. The predicted octanol–water partition coefficient (Wildman–Crippen LogP) is 1.06. The average Bonchev–Trinajstić information content (AvgIpc) is 2.61. The largest absolute Gasteiger partial charge is 0.466 e. The maximum atomic E-state index is 8.88. The molecule has 7 heteroatoms. The molecule has 0 radical (unpaired) electrons. The number of hydrogen-bond donors (Lipinski definition) is 3. The standard InChI is InChI=1S/C10H19N2.H3O4P/c1-3-5-7-12-9-8-11(10-12)6-4-2;1-5(2,3)4/h8-10H,3-7H2,1-2H3;(H3,1,2,3,4)/q+1;. The van der Waals surface area contributed by atoms with Crippen molar-refractivity contribution < 1.29 is 23.8 Å². The van der Waals surface area contributed by atoms with E-state index in [2.05, 4.69) is 41.7 Å². The van der Waals surface area contributed by atoms with Crippen LogP contribution in [0.25, 0.3) is 0 Å². The van der Waals surface area contributed by atoms with E-state index in [0.29, 0.717) is 0 Å². The Hall–Kier alpha value is -0.680. The third-order valence-electron chi connectivity index (χ3n) is 2.00. The van der Waals surface area contributed by atoms with Crippen LogP contribution in [0.15, 0.2) is 18.7 Å². The molecule has 0 aliphatic rings. The first-order valence-corrected chi connectivity index (χ1v) is 7.26. The van der Waals surface area contributed by atoms with Crippen molar-refractivity contribution in [1.82, 2.24) is 4.57 Å². The minimum Gasteiger partial charge on any atom is -0.303 e. The number of aryl methyl sites for hydroxylation is 2. The zero-order valence-corrected chi connectivity index (χ0v) is 11.3. The number of phosphoric acid groups is 1. The van der Waals surface area contributed by atoms with E-state index in [4.69, 9.17) is 19.2 Å². The van der Waals surface area contributed by atoms with Crippen molar-refractivity contribution in [2.75, 3.05) is 0 Å². The molecular weight excluding hydrogens is 243 g/mol. The number of unbranched alkanes of at least 4 members (excludes halogenated alkanes) is 1. The van der Waals surface area contributed by atoms with E-state index in [9.17, 15) is 0 Å². The minimum absolute atomic E-state index is 1.14. The molecule has 1 heterocycles. The van der Waals surface area contributed by atoms with Crippen molar-refractivity contribution >= 4 is 7.82 Å². The van der Waals surface area contributed by atoms with E-state index in [0.717, 1.165) is 13.1 Å². The highest BCUT2D eigenvalue weighted by atomic mass is 31.2. The number of imidazole rings is 1. The van der Waals surface area contributed by atoms with Crippen molar-refractivity contribution in [1.29, 1.82) is 0 Å². The molecular formula is C10H22N2O4P+. The number of nitrogens with zero attached hydrogens (tertiary/aromatic N) is 2. The van der Waals surface area contributed by atoms with E-state index in [1.54, 1.807) is 0 Å². The van der Waals surface area contributed by atoms with Gasteiger partial charge in [0.25, 0.3) is 0 Å². The Kier molecular flexibility index (Phi) is 8.08. The second-order valence-electron chi connectivity index (χ2n) is 3.76. The lowest BCUT2D eigenvalue weighted by atomic mass is 10.3. The SMILES string of the molecule is CCCCn1cc[n+](CCC)c1.O=P(O)(O)O. The summed E-state index contributed by atoms with van der Waals surface area (Å²) in [6.45, 7) is 6.73. The molecule has 100 valence electrons. The lowest BCUT2D eigenvalue weighted by Gasteiger charge is -1.92. The van der Waals surface area contributed by atoms with Crippen LogP contribution in [-0.2, 0) is 17.7 Å². The maximum Gasteiger partial charge on any atom is 0.466 e. The van der Waals surface area contributed by atoms with Gasteiger partial charge in [0.05, 0.1) is 13.1 Å². The van der Waals surface area contributed by atoms with Crippen molar-refractivity contribution in [2.45, 2.75) is 46.2 Å². The molecule has 0 saturated carbocycles. The topological polar surface area (TPSA) is 86.6 Å². The van der Waals surface area contributed by atoms with Crippen LogP contribution >= 0.6 is 7.82 Å². The van der Waals surface area contributed by atoms with E-state index in [1.807, 2.05) is 0 Å². The Morgan fingerprint density at radius 1 is 1.24 bits per heavy atom. The van der Waals surface area contributed by atoms with Gasteiger partial charge in [0, 0.05) is 0 Å². The van der Waals surface area contributed by atoms with Crippen molar-refractivity contribution in [3.05, 3.63) is 18.7 Å². The molecule has 3 N–H and O–H groups in total. The molecule has 0 saturated heterocycles. The van der Waals surface area contributed by atoms with Gasteiger partial charge in [-0.1, -0.05) is 20.3 Å². The normalized spacial score (nSPS) is 10.9. The number of rotatable bonds is 5. The second-order valence-corrected chi connectivity index (χ2v) is 4.78. The quantitative estimate of drug-likeness (QED) is 0.549. The van der Waals surface area contributed by atoms with Crippen LogP contribution in [0.5, 0.6) is 0 Å². The monoisotopic (exact) mass is 265 g/mol. The van der Waals surface area contributed by atoms with Gasteiger partial charge >= 0.3 is 7.82 Å². The minimum atomic E-state index is -4.64. The lowest BCUT2D eigenvalue weighted by molar-refractivity contribution is -0.696. The summed E-state index contributed by atoms with van der Waals surface area (Å²) in [6, 6.07) is 0. The summed E-state index contributed by atoms with van der Waals surface area (Å²) < 4.78 is 13.4. The zero-order chi connectivity index (χ0) is 13.3. The molecule has 1 aromatic heterocycles. The molecule has 0 unspecified atom stereocenters. The van der Waals surface area contributed by atoms with Crippen LogP contribution in [0.3, 0.4) is 0 Å². The van der Waals surface area contributed by atoms with Crippen molar-refractivity contribution in [2.24, 2.45) is 0 Å². The van der Waals surface area contributed by atoms with Gasteiger partial charge in [-0.2, -0.15) is 0 Å². The van der Waals surface area contributed by atoms with E-state index < -0.39 is 7.82 Å². The lowest BCUT2D eigenvalue weighted by Crippen LogP contribution is -2.30. The maximum absolute atomic E-state index is 8.88. The zero-order valence-electron chi connectivity index (χ0n) is 10.4. The molecule has 0 amide bonds. The van der Waals surface area contributed by atoms with Gasteiger partial charge in [-0.05, 0) is 12.8 Å². The van der Waals surface area contributed by atoms with Crippen LogP contribution in [0.1, 0.15) is 33.1 Å². The fourth-order valence-electron chi connectivity index (χ4n) is 1.30. The Morgan fingerprint density at radius 2 is 1.82 bits per heavy atom. The molecule has 0 bridgehead atoms. The van der Waals surface area contributed by atoms with Gasteiger partial charge < -0.3 is 14.7 Å². The summed E-state index contributed by atoms with van der Waals surface area (Å²) in [5, 5.41) is 0. The Balaban J connectivity index is 0.000000437. The third kappa shape index (κ3) is 11.6. The second kappa shape index (κ2) is 8.42. The van der Waals surface area contributed by atoms with Gasteiger partial charge in [-0.25, -0.2) is 13.7 Å². The molecule has 6 nitrogen and oxygen atoms in total. The summed E-state index contributed by atoms with van der Waals surface area (Å²) in [4.78, 5) is 21.6. The number of aromatic nitrogens is 2. The van der Waals surface area contributed by atoms with Gasteiger partial charge in [-0.15, -0.1) is 0 Å². The summed E-state index contributed by atoms with van der Waals surface area (Å²) in [5.74, 6) is 0. The van der Waals surface area contributed by atoms with Crippen molar-refractivity contribution in [3.8, 4) is 0 Å².